The van der Waals surface area contributed by atoms with E-state index in [1.165, 1.54) is 0 Å². The molecule has 0 saturated carbocycles. The van der Waals surface area contributed by atoms with Crippen molar-refractivity contribution in [3.05, 3.63) is 29.3 Å². The Labute approximate surface area is 96.6 Å². The number of ether oxygens (including phenoxy) is 1. The van der Waals surface area contributed by atoms with Gasteiger partial charge in [0.2, 0.25) is 0 Å². The van der Waals surface area contributed by atoms with Crippen molar-refractivity contribution in [2.45, 2.75) is 39.7 Å². The molecule has 0 amide bonds. The first-order valence-electron chi connectivity index (χ1n) is 5.92. The van der Waals surface area contributed by atoms with Crippen molar-refractivity contribution in [3.8, 4) is 5.75 Å². The molecule has 0 radical (unpaired) electrons. The van der Waals surface area contributed by atoms with Crippen LogP contribution in [0.25, 0.3) is 0 Å². The molecular formula is C14H18O2. The maximum Gasteiger partial charge on any atom is 0.170 e. The average molecular weight is 218 g/mol. The Morgan fingerprint density at radius 1 is 1.50 bits per heavy atom. The number of rotatable bonds is 2. The van der Waals surface area contributed by atoms with Gasteiger partial charge in [-0.25, -0.2) is 0 Å². The molecule has 2 rings (SSSR count). The molecule has 1 aromatic rings. The lowest BCUT2D eigenvalue weighted by Gasteiger charge is -2.29. The minimum Gasteiger partial charge on any atom is -0.489 e. The highest BCUT2D eigenvalue weighted by Crippen LogP contribution is 2.31. The van der Waals surface area contributed by atoms with Gasteiger partial charge in [0.15, 0.2) is 5.78 Å². The van der Waals surface area contributed by atoms with Crippen molar-refractivity contribution >= 4 is 5.78 Å². The number of hydrogen-bond donors (Lipinski definition) is 0. The zero-order chi connectivity index (χ0) is 11.7. The molecule has 2 atom stereocenters. The van der Waals surface area contributed by atoms with Crippen LogP contribution in [0.2, 0.25) is 0 Å². The SMILES string of the molecule is CCC(C)C1CC(=O)c2cc(C)ccc2O1. The van der Waals surface area contributed by atoms with E-state index in [0.717, 1.165) is 23.3 Å². The van der Waals surface area contributed by atoms with E-state index in [0.29, 0.717) is 12.3 Å². The van der Waals surface area contributed by atoms with Crippen molar-refractivity contribution < 1.29 is 9.53 Å². The number of aryl methyl sites for hydroxylation is 1. The second-order valence-corrected chi connectivity index (χ2v) is 4.67. The van der Waals surface area contributed by atoms with Crippen LogP contribution in [0.15, 0.2) is 18.2 Å². The van der Waals surface area contributed by atoms with Gasteiger partial charge in [0.1, 0.15) is 11.9 Å². The summed E-state index contributed by atoms with van der Waals surface area (Å²) < 4.78 is 5.89. The van der Waals surface area contributed by atoms with E-state index in [-0.39, 0.29) is 11.9 Å². The van der Waals surface area contributed by atoms with Crippen LogP contribution in [0.1, 0.15) is 42.6 Å². The first-order valence-corrected chi connectivity index (χ1v) is 5.92. The van der Waals surface area contributed by atoms with Gasteiger partial charge in [-0.15, -0.1) is 0 Å². The lowest BCUT2D eigenvalue weighted by atomic mass is 9.91. The Kier molecular flexibility index (Phi) is 2.99. The van der Waals surface area contributed by atoms with E-state index in [1.807, 2.05) is 25.1 Å². The Hall–Kier alpha value is -1.31. The van der Waals surface area contributed by atoms with E-state index < -0.39 is 0 Å². The molecule has 0 aliphatic carbocycles. The molecule has 1 heterocycles. The van der Waals surface area contributed by atoms with Crippen LogP contribution < -0.4 is 4.74 Å². The fourth-order valence-corrected chi connectivity index (χ4v) is 2.04. The molecule has 0 fully saturated rings. The second kappa shape index (κ2) is 4.28. The molecule has 86 valence electrons. The molecule has 2 nitrogen and oxygen atoms in total. The van der Waals surface area contributed by atoms with Crippen LogP contribution in [0.4, 0.5) is 0 Å². The van der Waals surface area contributed by atoms with Crippen LogP contribution in [0.5, 0.6) is 5.75 Å². The van der Waals surface area contributed by atoms with Crippen molar-refractivity contribution in [2.75, 3.05) is 0 Å². The summed E-state index contributed by atoms with van der Waals surface area (Å²) in [5.74, 6) is 1.40. The molecule has 16 heavy (non-hydrogen) atoms. The molecule has 0 saturated heterocycles. The number of carbonyl (C=O) groups excluding carboxylic acids is 1. The van der Waals surface area contributed by atoms with Gasteiger partial charge in [0.25, 0.3) is 0 Å². The topological polar surface area (TPSA) is 26.3 Å². The molecule has 2 heteroatoms. The Bertz CT molecular complexity index is 409. The molecule has 0 bridgehead atoms. The average Bonchev–Trinajstić information content (AvgIpc) is 2.28. The summed E-state index contributed by atoms with van der Waals surface area (Å²) in [5.41, 5.74) is 1.86. The monoisotopic (exact) mass is 218 g/mol. The summed E-state index contributed by atoms with van der Waals surface area (Å²) in [7, 11) is 0. The minimum atomic E-state index is 0.0488. The number of hydrogen-bond acceptors (Lipinski definition) is 2. The van der Waals surface area contributed by atoms with Crippen molar-refractivity contribution in [1.82, 2.24) is 0 Å². The van der Waals surface area contributed by atoms with Gasteiger partial charge >= 0.3 is 0 Å². The second-order valence-electron chi connectivity index (χ2n) is 4.67. The molecule has 1 aliphatic heterocycles. The summed E-state index contributed by atoms with van der Waals surface area (Å²) >= 11 is 0. The zero-order valence-corrected chi connectivity index (χ0v) is 10.1. The van der Waals surface area contributed by atoms with Crippen LogP contribution >= 0.6 is 0 Å². The van der Waals surface area contributed by atoms with Crippen molar-refractivity contribution in [1.29, 1.82) is 0 Å². The molecule has 0 N–H and O–H groups in total. The zero-order valence-electron chi connectivity index (χ0n) is 10.1. The summed E-state index contributed by atoms with van der Waals surface area (Å²) in [5, 5.41) is 0. The summed E-state index contributed by atoms with van der Waals surface area (Å²) in [4.78, 5) is 12.0. The molecular weight excluding hydrogens is 200 g/mol. The van der Waals surface area contributed by atoms with E-state index in [1.54, 1.807) is 0 Å². The summed E-state index contributed by atoms with van der Waals surface area (Å²) in [6.45, 7) is 6.26. The number of ketones is 1. The van der Waals surface area contributed by atoms with Gasteiger partial charge in [-0.2, -0.15) is 0 Å². The minimum absolute atomic E-state index is 0.0488. The standard InChI is InChI=1S/C14H18O2/c1-4-10(3)14-8-12(15)11-7-9(2)5-6-13(11)16-14/h5-7,10,14H,4,8H2,1-3H3. The fourth-order valence-electron chi connectivity index (χ4n) is 2.04. The normalized spacial score (nSPS) is 21.2. The van der Waals surface area contributed by atoms with Crippen LogP contribution in [0, 0.1) is 12.8 Å². The van der Waals surface area contributed by atoms with Crippen molar-refractivity contribution in [3.63, 3.8) is 0 Å². The van der Waals surface area contributed by atoms with E-state index in [9.17, 15) is 4.79 Å². The number of Topliss-reactive ketones (excluding diaryl/α,β-unsaturated/α-hetero) is 1. The van der Waals surface area contributed by atoms with Crippen LogP contribution in [-0.2, 0) is 0 Å². The molecule has 2 unspecified atom stereocenters. The number of benzene rings is 1. The van der Waals surface area contributed by atoms with Gasteiger partial charge in [-0.3, -0.25) is 4.79 Å². The predicted octanol–water partition coefficient (Wildman–Crippen LogP) is 3.37. The summed E-state index contributed by atoms with van der Waals surface area (Å²) in [6.07, 6.45) is 1.61. The first-order chi connectivity index (χ1) is 7.61. The van der Waals surface area contributed by atoms with E-state index in [4.69, 9.17) is 4.74 Å². The smallest absolute Gasteiger partial charge is 0.170 e. The van der Waals surface area contributed by atoms with Crippen LogP contribution in [-0.4, -0.2) is 11.9 Å². The lowest BCUT2D eigenvalue weighted by molar-refractivity contribution is 0.0747. The Morgan fingerprint density at radius 2 is 2.25 bits per heavy atom. The number of fused-ring (bicyclic) bond motifs is 1. The Balaban J connectivity index is 2.30. The molecule has 1 aliphatic rings. The van der Waals surface area contributed by atoms with E-state index >= 15 is 0 Å². The van der Waals surface area contributed by atoms with Gasteiger partial charge in [-0.1, -0.05) is 31.9 Å². The Morgan fingerprint density at radius 3 is 2.94 bits per heavy atom. The van der Waals surface area contributed by atoms with E-state index in [2.05, 4.69) is 13.8 Å². The van der Waals surface area contributed by atoms with Crippen LogP contribution in [0.3, 0.4) is 0 Å². The first kappa shape index (κ1) is 11.2. The lowest BCUT2D eigenvalue weighted by Crippen LogP contribution is -2.32. The largest absolute Gasteiger partial charge is 0.489 e. The third kappa shape index (κ3) is 1.97. The third-order valence-corrected chi connectivity index (χ3v) is 3.38. The quantitative estimate of drug-likeness (QED) is 0.760. The predicted molar refractivity (Wildman–Crippen MR) is 64.0 cm³/mol. The van der Waals surface area contributed by atoms with Gasteiger partial charge in [0.05, 0.1) is 5.56 Å². The third-order valence-electron chi connectivity index (χ3n) is 3.38. The maximum atomic E-state index is 12.0. The maximum absolute atomic E-state index is 12.0. The molecule has 1 aromatic carbocycles. The van der Waals surface area contributed by atoms with Gasteiger partial charge in [-0.05, 0) is 25.0 Å². The van der Waals surface area contributed by atoms with Crippen molar-refractivity contribution in [2.24, 2.45) is 5.92 Å². The highest BCUT2D eigenvalue weighted by molar-refractivity contribution is 6.00. The van der Waals surface area contributed by atoms with Gasteiger partial charge in [0, 0.05) is 6.42 Å². The highest BCUT2D eigenvalue weighted by atomic mass is 16.5. The number of carbonyl (C=O) groups is 1. The summed E-state index contributed by atoms with van der Waals surface area (Å²) in [6, 6.07) is 5.83. The van der Waals surface area contributed by atoms with Gasteiger partial charge < -0.3 is 4.74 Å². The molecule has 0 aromatic heterocycles. The fraction of sp³-hybridized carbons (Fsp3) is 0.500. The highest BCUT2D eigenvalue weighted by Gasteiger charge is 2.29. The molecule has 0 spiro atoms.